The minimum atomic E-state index is -1.15. The van der Waals surface area contributed by atoms with Gasteiger partial charge < -0.3 is 15.4 Å². The van der Waals surface area contributed by atoms with Crippen LogP contribution in [0.2, 0.25) is 0 Å². The second kappa shape index (κ2) is 6.73. The highest BCUT2D eigenvalue weighted by Gasteiger charge is 2.21. The van der Waals surface area contributed by atoms with Gasteiger partial charge in [-0.25, -0.2) is 9.31 Å². The lowest BCUT2D eigenvalue weighted by Gasteiger charge is -2.23. The molecular formula is C16H18ClN5O3. The predicted molar refractivity (Wildman–Crippen MR) is 97.1 cm³/mol. The standard InChI is InChI=1S/C16H17N5O3.ClH/c22-13-8-12(9-4-6-17-7-5-9)21-15(19-13)14-10(18-16(23)24)2-1-3-11(14)20-21;/h1-3,8-9,17-18H,4-7H2,(H,19,22)(H,23,24);1H. The van der Waals surface area contributed by atoms with E-state index >= 15 is 0 Å². The van der Waals surface area contributed by atoms with Crippen molar-refractivity contribution in [1.29, 1.82) is 0 Å². The summed E-state index contributed by atoms with van der Waals surface area (Å²) in [6.07, 6.45) is 0.725. The lowest BCUT2D eigenvalue weighted by Crippen LogP contribution is -2.28. The summed E-state index contributed by atoms with van der Waals surface area (Å²) in [5.41, 5.74) is 2.23. The van der Waals surface area contributed by atoms with Crippen molar-refractivity contribution >= 4 is 40.7 Å². The smallest absolute Gasteiger partial charge is 0.409 e. The molecule has 1 aliphatic heterocycles. The Balaban J connectivity index is 0.00000182. The molecule has 1 saturated heterocycles. The second-order valence-corrected chi connectivity index (χ2v) is 5.97. The Morgan fingerprint density at radius 1 is 1.32 bits per heavy atom. The number of H-pyrrole nitrogens is 1. The predicted octanol–water partition coefficient (Wildman–Crippen LogP) is 2.15. The second-order valence-electron chi connectivity index (χ2n) is 5.97. The van der Waals surface area contributed by atoms with Crippen LogP contribution in [0, 0.1) is 0 Å². The topological polar surface area (TPSA) is 112 Å². The van der Waals surface area contributed by atoms with Crippen LogP contribution >= 0.6 is 12.4 Å². The molecule has 0 saturated carbocycles. The molecule has 0 radical (unpaired) electrons. The van der Waals surface area contributed by atoms with Gasteiger partial charge in [-0.3, -0.25) is 10.1 Å². The van der Waals surface area contributed by atoms with E-state index in [0.717, 1.165) is 31.6 Å². The van der Waals surface area contributed by atoms with Crippen LogP contribution in [0.25, 0.3) is 16.6 Å². The summed E-state index contributed by atoms with van der Waals surface area (Å²) in [5, 5.41) is 19.9. The molecule has 25 heavy (non-hydrogen) atoms. The number of nitrogens with zero attached hydrogens (tertiary/aromatic N) is 2. The molecule has 1 amide bonds. The number of carbonyl (C=O) groups is 1. The zero-order valence-corrected chi connectivity index (χ0v) is 14.1. The van der Waals surface area contributed by atoms with Gasteiger partial charge in [0.2, 0.25) is 0 Å². The Bertz CT molecular complexity index is 991. The molecule has 3 aromatic rings. The molecule has 9 heteroatoms. The first kappa shape index (κ1) is 17.2. The minimum Gasteiger partial charge on any atom is -0.465 e. The highest BCUT2D eigenvalue weighted by molar-refractivity contribution is 6.05. The van der Waals surface area contributed by atoms with Gasteiger partial charge in [0.1, 0.15) is 5.65 Å². The molecule has 1 aromatic carbocycles. The van der Waals surface area contributed by atoms with Crippen molar-refractivity contribution in [2.75, 3.05) is 18.4 Å². The highest BCUT2D eigenvalue weighted by Crippen LogP contribution is 2.30. The van der Waals surface area contributed by atoms with Crippen molar-refractivity contribution in [2.24, 2.45) is 0 Å². The molecule has 4 rings (SSSR count). The Hall–Kier alpha value is -2.58. The first-order valence-corrected chi connectivity index (χ1v) is 7.89. The number of benzene rings is 1. The number of anilines is 1. The zero-order chi connectivity index (χ0) is 16.7. The number of aromatic nitrogens is 3. The van der Waals surface area contributed by atoms with Crippen LogP contribution in [-0.2, 0) is 0 Å². The van der Waals surface area contributed by atoms with Gasteiger partial charge in [0.15, 0.2) is 0 Å². The van der Waals surface area contributed by atoms with E-state index < -0.39 is 6.09 Å². The van der Waals surface area contributed by atoms with E-state index in [-0.39, 0.29) is 23.9 Å². The summed E-state index contributed by atoms with van der Waals surface area (Å²) in [6, 6.07) is 6.80. The molecular weight excluding hydrogens is 346 g/mol. The average molecular weight is 364 g/mol. The maximum absolute atomic E-state index is 12.2. The highest BCUT2D eigenvalue weighted by atomic mass is 35.5. The van der Waals surface area contributed by atoms with Gasteiger partial charge in [-0.05, 0) is 38.1 Å². The number of piperidine rings is 1. The Kier molecular flexibility index (Phi) is 4.65. The molecule has 0 spiro atoms. The van der Waals surface area contributed by atoms with E-state index in [9.17, 15) is 9.59 Å². The van der Waals surface area contributed by atoms with Crippen molar-refractivity contribution < 1.29 is 9.90 Å². The Morgan fingerprint density at radius 2 is 2.08 bits per heavy atom. The summed E-state index contributed by atoms with van der Waals surface area (Å²) in [4.78, 5) is 26.0. The molecule has 1 fully saturated rings. The number of halogens is 1. The van der Waals surface area contributed by atoms with Gasteiger partial charge in [-0.15, -0.1) is 12.4 Å². The number of hydrogen-bond donors (Lipinski definition) is 4. The number of nitrogens with one attached hydrogen (secondary N) is 3. The van der Waals surface area contributed by atoms with Crippen LogP contribution in [0.3, 0.4) is 0 Å². The van der Waals surface area contributed by atoms with Gasteiger partial charge in [0, 0.05) is 12.0 Å². The largest absolute Gasteiger partial charge is 0.465 e. The van der Waals surface area contributed by atoms with E-state index in [0.29, 0.717) is 22.2 Å². The third-order valence-electron chi connectivity index (χ3n) is 4.46. The monoisotopic (exact) mass is 363 g/mol. The zero-order valence-electron chi connectivity index (χ0n) is 13.3. The van der Waals surface area contributed by atoms with Gasteiger partial charge in [0.05, 0.1) is 22.3 Å². The Labute approximate surface area is 148 Å². The van der Waals surface area contributed by atoms with Crippen molar-refractivity contribution in [2.45, 2.75) is 18.8 Å². The number of rotatable bonds is 2. The molecule has 0 unspecified atom stereocenters. The van der Waals surface area contributed by atoms with E-state index in [1.807, 2.05) is 0 Å². The number of carboxylic acid groups (broad SMARTS) is 1. The first-order chi connectivity index (χ1) is 11.6. The van der Waals surface area contributed by atoms with Crippen molar-refractivity contribution in [3.05, 3.63) is 40.3 Å². The summed E-state index contributed by atoms with van der Waals surface area (Å²) < 4.78 is 1.75. The average Bonchev–Trinajstić information content (AvgIpc) is 2.94. The summed E-state index contributed by atoms with van der Waals surface area (Å²) in [6.45, 7) is 1.82. The van der Waals surface area contributed by atoms with Crippen LogP contribution in [0.15, 0.2) is 29.1 Å². The fraction of sp³-hybridized carbons (Fsp3) is 0.312. The third kappa shape index (κ3) is 3.06. The number of hydrogen-bond acceptors (Lipinski definition) is 4. The molecule has 4 N–H and O–H groups in total. The van der Waals surface area contributed by atoms with Gasteiger partial charge in [-0.2, -0.15) is 5.10 Å². The third-order valence-corrected chi connectivity index (χ3v) is 4.46. The van der Waals surface area contributed by atoms with E-state index in [4.69, 9.17) is 5.11 Å². The molecule has 0 atom stereocenters. The molecule has 8 nitrogen and oxygen atoms in total. The molecule has 0 bridgehead atoms. The van der Waals surface area contributed by atoms with E-state index in [1.54, 1.807) is 28.8 Å². The van der Waals surface area contributed by atoms with Gasteiger partial charge in [0.25, 0.3) is 5.56 Å². The molecule has 3 heterocycles. The van der Waals surface area contributed by atoms with Gasteiger partial charge >= 0.3 is 6.09 Å². The van der Waals surface area contributed by atoms with E-state index in [2.05, 4.69) is 20.7 Å². The summed E-state index contributed by atoms with van der Waals surface area (Å²) in [5.74, 6) is 0.251. The fourth-order valence-electron chi connectivity index (χ4n) is 3.41. The van der Waals surface area contributed by atoms with Crippen LogP contribution in [-0.4, -0.2) is 38.9 Å². The Morgan fingerprint density at radius 3 is 2.80 bits per heavy atom. The maximum Gasteiger partial charge on any atom is 0.409 e. The number of aromatic amines is 1. The number of amides is 1. The van der Waals surface area contributed by atoms with Crippen molar-refractivity contribution in [3.8, 4) is 0 Å². The van der Waals surface area contributed by atoms with Crippen LogP contribution < -0.4 is 16.2 Å². The lowest BCUT2D eigenvalue weighted by molar-refractivity contribution is 0.210. The SMILES string of the molecule is Cl.O=C(O)Nc1cccc2nn3c(C4CCNCC4)cc(=O)[nH]c3c12. The van der Waals surface area contributed by atoms with Crippen molar-refractivity contribution in [1.82, 2.24) is 19.9 Å². The minimum absolute atomic E-state index is 0. The summed E-state index contributed by atoms with van der Waals surface area (Å²) >= 11 is 0. The van der Waals surface area contributed by atoms with Crippen LogP contribution in [0.1, 0.15) is 24.5 Å². The normalized spacial score (nSPS) is 15.2. The molecule has 2 aromatic heterocycles. The first-order valence-electron chi connectivity index (χ1n) is 7.89. The lowest BCUT2D eigenvalue weighted by atomic mass is 9.94. The molecule has 1 aliphatic rings. The van der Waals surface area contributed by atoms with E-state index in [1.165, 1.54) is 0 Å². The fourth-order valence-corrected chi connectivity index (χ4v) is 3.41. The number of fused-ring (bicyclic) bond motifs is 3. The quantitative estimate of drug-likeness (QED) is 0.557. The van der Waals surface area contributed by atoms with Crippen LogP contribution in [0.5, 0.6) is 0 Å². The van der Waals surface area contributed by atoms with Crippen molar-refractivity contribution in [3.63, 3.8) is 0 Å². The summed E-state index contributed by atoms with van der Waals surface area (Å²) in [7, 11) is 0. The maximum atomic E-state index is 12.2. The van der Waals surface area contributed by atoms with Crippen LogP contribution in [0.4, 0.5) is 10.5 Å². The molecule has 0 aliphatic carbocycles. The van der Waals surface area contributed by atoms with Gasteiger partial charge in [-0.1, -0.05) is 6.07 Å². The molecule has 132 valence electrons.